The zero-order chi connectivity index (χ0) is 13.2. The van der Waals surface area contributed by atoms with E-state index in [1.165, 1.54) is 27.1 Å². The molecule has 3 aromatic rings. The Bertz CT molecular complexity index is 661. The van der Waals surface area contributed by atoms with Crippen LogP contribution in [0.2, 0.25) is 0 Å². The number of ether oxygens (including phenoxy) is 1. The summed E-state index contributed by atoms with van der Waals surface area (Å²) in [6, 6.07) is 19.5. The number of methoxy groups -OCH3 is 1. The molecule has 3 rings (SSSR count). The summed E-state index contributed by atoms with van der Waals surface area (Å²) in [7, 11) is 1.78. The molecule has 0 saturated heterocycles. The van der Waals surface area contributed by atoms with Crippen molar-refractivity contribution in [2.45, 2.75) is 19.4 Å². The van der Waals surface area contributed by atoms with Gasteiger partial charge in [-0.1, -0.05) is 48.5 Å². The van der Waals surface area contributed by atoms with Crippen molar-refractivity contribution in [3.05, 3.63) is 60.2 Å². The van der Waals surface area contributed by atoms with Crippen LogP contribution in [0.25, 0.3) is 21.5 Å². The van der Waals surface area contributed by atoms with Crippen molar-refractivity contribution in [3.63, 3.8) is 0 Å². The molecule has 0 aliphatic rings. The molecule has 0 bridgehead atoms. The molecule has 0 amide bonds. The molecule has 0 aliphatic heterocycles. The van der Waals surface area contributed by atoms with E-state index in [9.17, 15) is 0 Å². The molecule has 3 aromatic carbocycles. The monoisotopic (exact) mass is 250 g/mol. The molecule has 0 fully saturated rings. The van der Waals surface area contributed by atoms with E-state index < -0.39 is 0 Å². The van der Waals surface area contributed by atoms with E-state index in [-0.39, 0.29) is 6.10 Å². The van der Waals surface area contributed by atoms with E-state index in [0.717, 1.165) is 6.42 Å². The highest BCUT2D eigenvalue weighted by Crippen LogP contribution is 2.29. The van der Waals surface area contributed by atoms with Gasteiger partial charge in [0.25, 0.3) is 0 Å². The van der Waals surface area contributed by atoms with E-state index in [4.69, 9.17) is 4.74 Å². The van der Waals surface area contributed by atoms with E-state index >= 15 is 0 Å². The van der Waals surface area contributed by atoms with Gasteiger partial charge < -0.3 is 4.74 Å². The fraction of sp³-hybridized carbons (Fsp3) is 0.222. The van der Waals surface area contributed by atoms with Crippen molar-refractivity contribution >= 4 is 21.5 Å². The van der Waals surface area contributed by atoms with Crippen LogP contribution in [0, 0.1) is 0 Å². The van der Waals surface area contributed by atoms with Crippen LogP contribution in [0.3, 0.4) is 0 Å². The highest BCUT2D eigenvalue weighted by Gasteiger charge is 2.10. The predicted molar refractivity (Wildman–Crippen MR) is 81.6 cm³/mol. The van der Waals surface area contributed by atoms with Gasteiger partial charge >= 0.3 is 0 Å². The van der Waals surface area contributed by atoms with Crippen molar-refractivity contribution in [3.8, 4) is 0 Å². The minimum atomic E-state index is 0.231. The molecule has 0 N–H and O–H groups in total. The van der Waals surface area contributed by atoms with Gasteiger partial charge in [0, 0.05) is 7.11 Å². The van der Waals surface area contributed by atoms with Gasteiger partial charge in [-0.25, -0.2) is 0 Å². The van der Waals surface area contributed by atoms with Crippen molar-refractivity contribution in [1.82, 2.24) is 0 Å². The van der Waals surface area contributed by atoms with E-state index in [1.54, 1.807) is 7.11 Å². The molecule has 19 heavy (non-hydrogen) atoms. The summed E-state index contributed by atoms with van der Waals surface area (Å²) in [6.45, 7) is 2.12. The van der Waals surface area contributed by atoms with Gasteiger partial charge in [0.1, 0.15) is 0 Å². The minimum Gasteiger partial charge on any atom is -0.381 e. The summed E-state index contributed by atoms with van der Waals surface area (Å²) < 4.78 is 5.45. The van der Waals surface area contributed by atoms with E-state index in [1.807, 2.05) is 0 Å². The molecule has 0 radical (unpaired) electrons. The molecule has 1 heteroatoms. The fourth-order valence-corrected chi connectivity index (χ4v) is 2.70. The Kier molecular flexibility index (Phi) is 3.22. The standard InChI is InChI=1S/C18H18O/c1-13(19-2)11-18-16-9-5-3-7-14(16)12-15-8-4-6-10-17(15)18/h3-10,12-13H,11H2,1-2H3/t13-/m1/s1. The highest BCUT2D eigenvalue weighted by atomic mass is 16.5. The Balaban J connectivity index is 2.33. The molecule has 96 valence electrons. The first-order chi connectivity index (χ1) is 9.29. The lowest BCUT2D eigenvalue weighted by molar-refractivity contribution is 0.119. The largest absolute Gasteiger partial charge is 0.381 e. The van der Waals surface area contributed by atoms with Crippen LogP contribution in [0.15, 0.2) is 54.6 Å². The summed E-state index contributed by atoms with van der Waals surface area (Å²) in [5.41, 5.74) is 1.39. The first kappa shape index (κ1) is 12.2. The summed E-state index contributed by atoms with van der Waals surface area (Å²) in [5, 5.41) is 5.29. The number of hydrogen-bond donors (Lipinski definition) is 0. The second kappa shape index (κ2) is 5.02. The van der Waals surface area contributed by atoms with Gasteiger partial charge in [-0.3, -0.25) is 0 Å². The van der Waals surface area contributed by atoms with Crippen molar-refractivity contribution in [2.75, 3.05) is 7.11 Å². The Morgan fingerprint density at radius 2 is 1.42 bits per heavy atom. The lowest BCUT2D eigenvalue weighted by Crippen LogP contribution is -2.09. The summed E-state index contributed by atoms with van der Waals surface area (Å²) in [4.78, 5) is 0. The third-order valence-electron chi connectivity index (χ3n) is 3.78. The van der Waals surface area contributed by atoms with Gasteiger partial charge in [-0.05, 0) is 46.5 Å². The Morgan fingerprint density at radius 1 is 0.895 bits per heavy atom. The molecular formula is C18H18O. The van der Waals surface area contributed by atoms with Crippen molar-refractivity contribution in [2.24, 2.45) is 0 Å². The minimum absolute atomic E-state index is 0.231. The summed E-state index contributed by atoms with van der Waals surface area (Å²) in [5.74, 6) is 0. The lowest BCUT2D eigenvalue weighted by Gasteiger charge is -2.15. The maximum atomic E-state index is 5.45. The number of benzene rings is 3. The van der Waals surface area contributed by atoms with Gasteiger partial charge in [0.05, 0.1) is 6.10 Å². The predicted octanol–water partition coefficient (Wildman–Crippen LogP) is 4.57. The molecule has 1 atom stereocenters. The molecular weight excluding hydrogens is 232 g/mol. The molecule has 0 aliphatic carbocycles. The number of rotatable bonds is 3. The van der Waals surface area contributed by atoms with Gasteiger partial charge in [0.15, 0.2) is 0 Å². The van der Waals surface area contributed by atoms with Crippen LogP contribution in [-0.4, -0.2) is 13.2 Å². The SMILES string of the molecule is CO[C@H](C)Cc1c2ccccc2cc2ccccc12. The zero-order valence-corrected chi connectivity index (χ0v) is 11.4. The first-order valence-corrected chi connectivity index (χ1v) is 6.72. The van der Waals surface area contributed by atoms with Crippen molar-refractivity contribution < 1.29 is 4.74 Å². The highest BCUT2D eigenvalue weighted by molar-refractivity contribution is 6.02. The topological polar surface area (TPSA) is 9.23 Å². The first-order valence-electron chi connectivity index (χ1n) is 6.72. The molecule has 0 spiro atoms. The van der Waals surface area contributed by atoms with Crippen molar-refractivity contribution in [1.29, 1.82) is 0 Å². The number of hydrogen-bond acceptors (Lipinski definition) is 1. The average molecular weight is 250 g/mol. The van der Waals surface area contributed by atoms with E-state index in [2.05, 4.69) is 61.5 Å². The molecule has 0 aromatic heterocycles. The Labute approximate surface area is 113 Å². The summed E-state index contributed by atoms with van der Waals surface area (Å²) >= 11 is 0. The lowest BCUT2D eigenvalue weighted by atomic mass is 9.93. The second-order valence-electron chi connectivity index (χ2n) is 5.05. The van der Waals surface area contributed by atoms with Crippen LogP contribution in [-0.2, 0) is 11.2 Å². The average Bonchev–Trinajstić information content (AvgIpc) is 2.46. The van der Waals surface area contributed by atoms with Crippen LogP contribution in [0.1, 0.15) is 12.5 Å². The van der Waals surface area contributed by atoms with Gasteiger partial charge in [0.2, 0.25) is 0 Å². The van der Waals surface area contributed by atoms with Crippen LogP contribution < -0.4 is 0 Å². The molecule has 0 saturated carbocycles. The Hall–Kier alpha value is -1.86. The maximum absolute atomic E-state index is 5.45. The third kappa shape index (κ3) is 2.22. The van der Waals surface area contributed by atoms with Gasteiger partial charge in [-0.2, -0.15) is 0 Å². The van der Waals surface area contributed by atoms with Gasteiger partial charge in [-0.15, -0.1) is 0 Å². The third-order valence-corrected chi connectivity index (χ3v) is 3.78. The molecule has 0 unspecified atom stereocenters. The number of fused-ring (bicyclic) bond motifs is 2. The van der Waals surface area contributed by atoms with Crippen LogP contribution in [0.4, 0.5) is 0 Å². The fourth-order valence-electron chi connectivity index (χ4n) is 2.70. The Morgan fingerprint density at radius 3 is 1.95 bits per heavy atom. The maximum Gasteiger partial charge on any atom is 0.0583 e. The van der Waals surface area contributed by atoms with Crippen LogP contribution >= 0.6 is 0 Å². The normalized spacial score (nSPS) is 12.9. The smallest absolute Gasteiger partial charge is 0.0583 e. The van der Waals surface area contributed by atoms with E-state index in [0.29, 0.717) is 0 Å². The molecule has 1 nitrogen and oxygen atoms in total. The van der Waals surface area contributed by atoms with Crippen LogP contribution in [0.5, 0.6) is 0 Å². The molecule has 0 heterocycles. The quantitative estimate of drug-likeness (QED) is 0.619. The summed E-state index contributed by atoms with van der Waals surface area (Å²) in [6.07, 6.45) is 1.17. The second-order valence-corrected chi connectivity index (χ2v) is 5.05. The zero-order valence-electron chi connectivity index (χ0n) is 11.4.